The molecule has 10 heteroatoms. The second-order valence-corrected chi connectivity index (χ2v) is 9.93. The minimum atomic E-state index is -4.61. The fourth-order valence-corrected chi connectivity index (χ4v) is 5.12. The lowest BCUT2D eigenvalue weighted by Gasteiger charge is -2.35. The summed E-state index contributed by atoms with van der Waals surface area (Å²) in [6, 6.07) is 16.3. The van der Waals surface area contributed by atoms with Crippen LogP contribution < -0.4 is 0 Å². The molecule has 0 aliphatic heterocycles. The topological polar surface area (TPSA) is 47.3 Å². The predicted octanol–water partition coefficient (Wildman–Crippen LogP) is 7.28. The van der Waals surface area contributed by atoms with E-state index in [1.165, 1.54) is 11.8 Å². The highest BCUT2D eigenvalue weighted by molar-refractivity contribution is 7.98. The van der Waals surface area contributed by atoms with Crippen molar-refractivity contribution in [3.05, 3.63) is 65.9 Å². The van der Waals surface area contributed by atoms with E-state index in [9.17, 15) is 27.1 Å². The van der Waals surface area contributed by atoms with E-state index in [-0.39, 0.29) is 30.9 Å². The van der Waals surface area contributed by atoms with E-state index in [0.29, 0.717) is 10.2 Å². The van der Waals surface area contributed by atoms with E-state index in [1.54, 1.807) is 24.3 Å². The fraction of sp³-hybridized carbons (Fsp3) is 0.423. The molecule has 4 rings (SSSR count). The van der Waals surface area contributed by atoms with Gasteiger partial charge in [-0.3, -0.25) is 0 Å². The van der Waals surface area contributed by atoms with Gasteiger partial charge in [-0.25, -0.2) is 13.5 Å². The Morgan fingerprint density at radius 2 is 1.81 bits per heavy atom. The number of rotatable bonds is 8. The Bertz CT molecular complexity index is 1150. The third kappa shape index (κ3) is 6.39. The zero-order chi connectivity index (χ0) is 25.9. The Morgan fingerprint density at radius 1 is 1.11 bits per heavy atom. The molecule has 2 aromatic carbocycles. The van der Waals surface area contributed by atoms with Crippen LogP contribution in [0.1, 0.15) is 36.4 Å². The van der Waals surface area contributed by atoms with Gasteiger partial charge >= 0.3 is 6.18 Å². The first-order valence-electron chi connectivity index (χ1n) is 11.6. The van der Waals surface area contributed by atoms with Gasteiger partial charge in [0, 0.05) is 23.7 Å². The summed E-state index contributed by atoms with van der Waals surface area (Å²) in [5.41, 5.74) is 1.71. The van der Waals surface area contributed by atoms with Crippen LogP contribution >= 0.6 is 11.8 Å². The standard InChI is InChI=1S/C26H27F5N2O2S/c1-36-20-9-7-18(8-10-20)22-23(32-33(24(22)34)16-26(29,30)31)21-11-12-25(27,28)13-19(21)15-35-14-17-5-3-2-4-6-17/h2-10,19,21,34H,11-16H2,1H3/t19-,21-/m1/s1. The lowest BCUT2D eigenvalue weighted by Crippen LogP contribution is -2.34. The van der Waals surface area contributed by atoms with Gasteiger partial charge in [0.1, 0.15) is 6.54 Å². The summed E-state index contributed by atoms with van der Waals surface area (Å²) in [4.78, 5) is 0.937. The molecule has 1 N–H and O–H groups in total. The molecule has 4 nitrogen and oxygen atoms in total. The molecule has 0 saturated heterocycles. The van der Waals surface area contributed by atoms with E-state index >= 15 is 0 Å². The predicted molar refractivity (Wildman–Crippen MR) is 128 cm³/mol. The van der Waals surface area contributed by atoms with Crippen molar-refractivity contribution < 1.29 is 31.8 Å². The summed E-state index contributed by atoms with van der Waals surface area (Å²) in [6.45, 7) is -1.26. The third-order valence-electron chi connectivity index (χ3n) is 6.41. The average Bonchev–Trinajstić information content (AvgIpc) is 3.13. The summed E-state index contributed by atoms with van der Waals surface area (Å²) >= 11 is 1.50. The van der Waals surface area contributed by atoms with Gasteiger partial charge in [-0.15, -0.1) is 11.8 Å². The van der Waals surface area contributed by atoms with Crippen molar-refractivity contribution in [2.24, 2.45) is 5.92 Å². The molecule has 1 aromatic heterocycles. The fourth-order valence-electron chi connectivity index (χ4n) is 4.71. The van der Waals surface area contributed by atoms with Gasteiger partial charge in [-0.1, -0.05) is 42.5 Å². The van der Waals surface area contributed by atoms with Crippen LogP contribution in [-0.4, -0.2) is 39.8 Å². The van der Waals surface area contributed by atoms with Crippen LogP contribution in [0, 0.1) is 5.92 Å². The van der Waals surface area contributed by atoms with Crippen LogP contribution in [-0.2, 0) is 17.9 Å². The van der Waals surface area contributed by atoms with Gasteiger partial charge in [0.25, 0.3) is 0 Å². The molecule has 0 amide bonds. The second-order valence-electron chi connectivity index (χ2n) is 9.05. The van der Waals surface area contributed by atoms with E-state index < -0.39 is 49.2 Å². The molecule has 3 aromatic rings. The third-order valence-corrected chi connectivity index (χ3v) is 7.15. The second kappa shape index (κ2) is 10.8. The maximum atomic E-state index is 14.4. The monoisotopic (exact) mass is 526 g/mol. The summed E-state index contributed by atoms with van der Waals surface area (Å²) in [5, 5.41) is 15.0. The minimum absolute atomic E-state index is 0.00705. The van der Waals surface area contributed by atoms with Crippen LogP contribution in [0.5, 0.6) is 5.88 Å². The number of hydrogen-bond acceptors (Lipinski definition) is 4. The number of nitrogens with zero attached hydrogens (tertiary/aromatic N) is 2. The highest BCUT2D eigenvalue weighted by Gasteiger charge is 2.44. The summed E-state index contributed by atoms with van der Waals surface area (Å²) in [7, 11) is 0. The number of aromatic nitrogens is 2. The Hall–Kier alpha value is -2.59. The zero-order valence-corrected chi connectivity index (χ0v) is 20.5. The van der Waals surface area contributed by atoms with Crippen molar-refractivity contribution in [3.63, 3.8) is 0 Å². The average molecular weight is 527 g/mol. The largest absolute Gasteiger partial charge is 0.493 e. The van der Waals surface area contributed by atoms with Gasteiger partial charge in [0.15, 0.2) is 0 Å². The highest BCUT2D eigenvalue weighted by Crippen LogP contribution is 2.49. The first-order valence-corrected chi connectivity index (χ1v) is 12.8. The van der Waals surface area contributed by atoms with Gasteiger partial charge in [0.05, 0.1) is 24.5 Å². The minimum Gasteiger partial charge on any atom is -0.493 e. The first-order chi connectivity index (χ1) is 17.1. The smallest absolute Gasteiger partial charge is 0.408 e. The van der Waals surface area contributed by atoms with E-state index in [0.717, 1.165) is 10.5 Å². The van der Waals surface area contributed by atoms with Crippen LogP contribution in [0.15, 0.2) is 59.5 Å². The Morgan fingerprint density at radius 3 is 2.44 bits per heavy atom. The Labute approximate surface area is 210 Å². The molecule has 1 saturated carbocycles. The van der Waals surface area contributed by atoms with Gasteiger partial charge in [-0.05, 0) is 41.9 Å². The molecule has 1 aliphatic rings. The molecule has 194 valence electrons. The SMILES string of the molecule is CSc1ccc(-c2c([C@@H]3CCC(F)(F)C[C@@H]3COCc3ccccc3)nn(CC(F)(F)F)c2O)cc1. The van der Waals surface area contributed by atoms with Crippen molar-refractivity contribution in [1.82, 2.24) is 9.78 Å². The van der Waals surface area contributed by atoms with Crippen LogP contribution in [0.25, 0.3) is 11.1 Å². The van der Waals surface area contributed by atoms with E-state index in [1.807, 2.05) is 36.6 Å². The Kier molecular flexibility index (Phi) is 7.94. The van der Waals surface area contributed by atoms with E-state index in [4.69, 9.17) is 4.74 Å². The molecule has 1 aliphatic carbocycles. The maximum absolute atomic E-state index is 14.4. The lowest BCUT2D eigenvalue weighted by atomic mass is 9.75. The molecule has 36 heavy (non-hydrogen) atoms. The molecule has 0 radical (unpaired) electrons. The normalized spacial score (nSPS) is 19.9. The zero-order valence-electron chi connectivity index (χ0n) is 19.6. The Balaban J connectivity index is 1.68. The number of aromatic hydroxyl groups is 1. The maximum Gasteiger partial charge on any atom is 0.408 e. The van der Waals surface area contributed by atoms with Crippen molar-refractivity contribution in [3.8, 4) is 17.0 Å². The first kappa shape index (κ1) is 26.5. The lowest BCUT2D eigenvalue weighted by molar-refractivity contribution is -0.143. The quantitative estimate of drug-likeness (QED) is 0.248. The molecule has 0 unspecified atom stereocenters. The molecule has 0 spiro atoms. The molecular weight excluding hydrogens is 499 g/mol. The number of halogens is 5. The van der Waals surface area contributed by atoms with Crippen molar-refractivity contribution >= 4 is 11.8 Å². The number of alkyl halides is 5. The molecule has 1 fully saturated rings. The van der Waals surface area contributed by atoms with E-state index in [2.05, 4.69) is 5.10 Å². The summed E-state index contributed by atoms with van der Waals surface area (Å²) in [6.07, 6.45) is -3.58. The molecule has 1 heterocycles. The van der Waals surface area contributed by atoms with Gasteiger partial charge < -0.3 is 9.84 Å². The summed E-state index contributed by atoms with van der Waals surface area (Å²) < 4.78 is 74.8. The van der Waals surface area contributed by atoms with Crippen molar-refractivity contribution in [2.75, 3.05) is 12.9 Å². The van der Waals surface area contributed by atoms with Crippen molar-refractivity contribution in [2.45, 2.75) is 55.3 Å². The van der Waals surface area contributed by atoms with Crippen LogP contribution in [0.4, 0.5) is 22.0 Å². The highest BCUT2D eigenvalue weighted by atomic mass is 32.2. The molecular formula is C26H27F5N2O2S. The molecule has 0 bridgehead atoms. The van der Waals surface area contributed by atoms with Gasteiger partial charge in [0.2, 0.25) is 11.8 Å². The number of benzene rings is 2. The summed E-state index contributed by atoms with van der Waals surface area (Å²) in [5.74, 6) is -4.82. The van der Waals surface area contributed by atoms with Crippen LogP contribution in [0.3, 0.4) is 0 Å². The number of thioether (sulfide) groups is 1. The van der Waals surface area contributed by atoms with Gasteiger partial charge in [-0.2, -0.15) is 18.3 Å². The van der Waals surface area contributed by atoms with Crippen LogP contribution in [0.2, 0.25) is 0 Å². The molecule has 2 atom stereocenters. The number of ether oxygens (including phenoxy) is 1. The van der Waals surface area contributed by atoms with Crippen molar-refractivity contribution in [1.29, 1.82) is 0 Å². The number of hydrogen-bond donors (Lipinski definition) is 1.